The normalized spacial score (nSPS) is 16.3. The molecule has 162 valence electrons. The highest BCUT2D eigenvalue weighted by molar-refractivity contribution is 6.33. The summed E-state index contributed by atoms with van der Waals surface area (Å²) in [5.74, 6) is 0.681. The maximum atomic E-state index is 12.5. The number of benzene rings is 1. The van der Waals surface area contributed by atoms with E-state index in [1.807, 2.05) is 30.3 Å². The van der Waals surface area contributed by atoms with Gasteiger partial charge in [-0.15, -0.1) is 0 Å². The van der Waals surface area contributed by atoms with Gasteiger partial charge in [0, 0.05) is 37.5 Å². The van der Waals surface area contributed by atoms with Gasteiger partial charge in [0.05, 0.1) is 10.7 Å². The van der Waals surface area contributed by atoms with Gasteiger partial charge in [0.1, 0.15) is 11.5 Å². The van der Waals surface area contributed by atoms with Gasteiger partial charge >= 0.3 is 0 Å². The van der Waals surface area contributed by atoms with Crippen LogP contribution >= 0.6 is 11.6 Å². The number of H-pyrrole nitrogens is 1. The number of halogens is 1. The predicted molar refractivity (Wildman–Crippen MR) is 121 cm³/mol. The summed E-state index contributed by atoms with van der Waals surface area (Å²) in [5.41, 5.74) is 2.69. The van der Waals surface area contributed by atoms with E-state index in [4.69, 9.17) is 11.6 Å². The number of nitrogens with zero attached hydrogens (tertiary/aromatic N) is 3. The Morgan fingerprint density at radius 3 is 2.90 bits per heavy atom. The first-order chi connectivity index (χ1) is 15.2. The van der Waals surface area contributed by atoms with Crippen LogP contribution in [0, 0.1) is 0 Å². The van der Waals surface area contributed by atoms with Crippen LogP contribution in [0.5, 0.6) is 0 Å². The molecule has 0 bridgehead atoms. The number of amides is 1. The summed E-state index contributed by atoms with van der Waals surface area (Å²) in [7, 11) is 0. The van der Waals surface area contributed by atoms with E-state index in [0.29, 0.717) is 29.0 Å². The molecule has 0 saturated carbocycles. The summed E-state index contributed by atoms with van der Waals surface area (Å²) in [6.07, 6.45) is 5.97. The smallest absolute Gasteiger partial charge is 0.269 e. The van der Waals surface area contributed by atoms with Crippen molar-refractivity contribution in [3.05, 3.63) is 64.9 Å². The molecule has 1 fully saturated rings. The van der Waals surface area contributed by atoms with Crippen LogP contribution in [0.1, 0.15) is 41.7 Å². The van der Waals surface area contributed by atoms with Gasteiger partial charge in [-0.2, -0.15) is 5.10 Å². The molecule has 1 saturated heterocycles. The number of hydrogen-bond acceptors (Lipinski definition) is 5. The fourth-order valence-corrected chi connectivity index (χ4v) is 4.20. The number of pyridine rings is 1. The minimum atomic E-state index is -0.242. The maximum Gasteiger partial charge on any atom is 0.269 e. The minimum Gasteiger partial charge on any atom is -0.396 e. The monoisotopic (exact) mass is 439 g/mol. The van der Waals surface area contributed by atoms with Crippen molar-refractivity contribution in [2.45, 2.75) is 38.3 Å². The summed E-state index contributed by atoms with van der Waals surface area (Å²) < 4.78 is 0. The minimum absolute atomic E-state index is 0.192. The topological polar surface area (TPSA) is 94.1 Å². The van der Waals surface area contributed by atoms with E-state index in [1.165, 1.54) is 6.42 Å². The van der Waals surface area contributed by atoms with Gasteiger partial charge in [0.15, 0.2) is 0 Å². The van der Waals surface area contributed by atoms with Crippen LogP contribution in [0.3, 0.4) is 0 Å². The number of aromatic nitrogens is 3. The van der Waals surface area contributed by atoms with E-state index >= 15 is 0 Å². The van der Waals surface area contributed by atoms with E-state index in [9.17, 15) is 9.90 Å². The van der Waals surface area contributed by atoms with Crippen molar-refractivity contribution >= 4 is 23.3 Å². The zero-order valence-corrected chi connectivity index (χ0v) is 18.0. The lowest BCUT2D eigenvalue weighted by atomic mass is 9.99. The molecular weight excluding hydrogens is 414 g/mol. The summed E-state index contributed by atoms with van der Waals surface area (Å²) in [6, 6.07) is 13.4. The maximum absolute atomic E-state index is 12.5. The van der Waals surface area contributed by atoms with Crippen molar-refractivity contribution in [2.24, 2.45) is 0 Å². The first-order valence-corrected chi connectivity index (χ1v) is 10.9. The average molecular weight is 440 g/mol. The van der Waals surface area contributed by atoms with E-state index < -0.39 is 0 Å². The summed E-state index contributed by atoms with van der Waals surface area (Å²) >= 11 is 6.21. The van der Waals surface area contributed by atoms with E-state index in [-0.39, 0.29) is 12.5 Å². The number of carbonyl (C=O) groups is 1. The summed E-state index contributed by atoms with van der Waals surface area (Å²) in [6.45, 7) is 1.52. The molecule has 4 rings (SSSR count). The van der Waals surface area contributed by atoms with Gasteiger partial charge < -0.3 is 15.3 Å². The lowest BCUT2D eigenvalue weighted by Gasteiger charge is -2.36. The molecule has 1 amide bonds. The second kappa shape index (κ2) is 9.94. The molecule has 1 unspecified atom stereocenters. The van der Waals surface area contributed by atoms with Crippen LogP contribution in [0.15, 0.2) is 48.7 Å². The fourth-order valence-electron chi connectivity index (χ4n) is 3.96. The quantitative estimate of drug-likeness (QED) is 0.520. The van der Waals surface area contributed by atoms with Crippen molar-refractivity contribution in [1.82, 2.24) is 20.5 Å². The molecule has 1 aromatic carbocycles. The van der Waals surface area contributed by atoms with Gasteiger partial charge in [-0.1, -0.05) is 35.9 Å². The Kier molecular flexibility index (Phi) is 6.84. The number of anilines is 1. The molecule has 8 heteroatoms. The van der Waals surface area contributed by atoms with Crippen LogP contribution in [0.2, 0.25) is 5.02 Å². The first kappa shape index (κ1) is 21.3. The third kappa shape index (κ3) is 5.06. The number of carbonyl (C=O) groups excluding carboxylic acids is 1. The zero-order chi connectivity index (χ0) is 21.6. The van der Waals surface area contributed by atoms with Crippen molar-refractivity contribution < 1.29 is 9.90 Å². The highest BCUT2D eigenvalue weighted by atomic mass is 35.5. The molecule has 0 radical (unpaired) electrons. The third-order valence-electron chi connectivity index (χ3n) is 5.62. The highest BCUT2D eigenvalue weighted by Gasteiger charge is 2.23. The number of hydrogen-bond donors (Lipinski definition) is 3. The third-order valence-corrected chi connectivity index (χ3v) is 5.95. The molecule has 0 spiro atoms. The van der Waals surface area contributed by atoms with Crippen LogP contribution in [0.25, 0.3) is 11.3 Å². The zero-order valence-electron chi connectivity index (χ0n) is 17.2. The first-order valence-electron chi connectivity index (χ1n) is 10.6. The van der Waals surface area contributed by atoms with E-state index in [0.717, 1.165) is 42.8 Å². The Morgan fingerprint density at radius 2 is 2.13 bits per heavy atom. The Bertz CT molecular complexity index is 1020. The number of nitrogens with one attached hydrogen (secondary N) is 2. The Labute approximate surface area is 186 Å². The van der Waals surface area contributed by atoms with E-state index in [2.05, 4.69) is 25.4 Å². The number of aliphatic hydroxyl groups is 1. The molecule has 3 N–H and O–H groups in total. The molecule has 1 aliphatic heterocycles. The van der Waals surface area contributed by atoms with Crippen molar-refractivity contribution in [1.29, 1.82) is 0 Å². The lowest BCUT2D eigenvalue weighted by Crippen LogP contribution is -2.40. The van der Waals surface area contributed by atoms with Crippen molar-refractivity contribution in [3.63, 3.8) is 0 Å². The molecule has 7 nitrogen and oxygen atoms in total. The van der Waals surface area contributed by atoms with Crippen LogP contribution in [0.4, 0.5) is 5.82 Å². The van der Waals surface area contributed by atoms with E-state index in [1.54, 1.807) is 18.3 Å². The summed E-state index contributed by atoms with van der Waals surface area (Å²) in [5, 5.41) is 19.8. The van der Waals surface area contributed by atoms with Crippen LogP contribution in [-0.2, 0) is 6.54 Å². The van der Waals surface area contributed by atoms with Gasteiger partial charge in [0.25, 0.3) is 5.91 Å². The standard InChI is InChI=1S/C23H26ClN5O2/c24-19-7-2-1-6-18(19)20-13-21(28-27-20)23(31)26-15-16-8-9-22(25-14-16)29-11-4-3-5-17(29)10-12-30/h1-2,6-9,13-14,17,30H,3-5,10-12,15H2,(H,26,31)(H,27,28). The summed E-state index contributed by atoms with van der Waals surface area (Å²) in [4.78, 5) is 19.4. The predicted octanol–water partition coefficient (Wildman–Crippen LogP) is 3.80. The molecule has 3 heterocycles. The lowest BCUT2D eigenvalue weighted by molar-refractivity contribution is 0.0946. The second-order valence-corrected chi connectivity index (χ2v) is 8.12. The molecule has 0 aliphatic carbocycles. The van der Waals surface area contributed by atoms with Gasteiger partial charge in [-0.05, 0) is 49.4 Å². The van der Waals surface area contributed by atoms with Gasteiger partial charge in [-0.3, -0.25) is 9.89 Å². The molecular formula is C23H26ClN5O2. The molecule has 2 aromatic heterocycles. The average Bonchev–Trinajstić information content (AvgIpc) is 3.29. The van der Waals surface area contributed by atoms with Gasteiger partial charge in [0.2, 0.25) is 0 Å². The fraction of sp³-hybridized carbons (Fsp3) is 0.348. The largest absolute Gasteiger partial charge is 0.396 e. The number of aliphatic hydroxyl groups excluding tert-OH is 1. The molecule has 1 atom stereocenters. The Balaban J connectivity index is 1.36. The van der Waals surface area contributed by atoms with Crippen molar-refractivity contribution in [2.75, 3.05) is 18.1 Å². The van der Waals surface area contributed by atoms with Crippen LogP contribution in [-0.4, -0.2) is 45.4 Å². The molecule has 1 aliphatic rings. The van der Waals surface area contributed by atoms with Crippen molar-refractivity contribution in [3.8, 4) is 11.3 Å². The molecule has 31 heavy (non-hydrogen) atoms. The number of aromatic amines is 1. The molecule has 3 aromatic rings. The Morgan fingerprint density at radius 1 is 1.26 bits per heavy atom. The second-order valence-electron chi connectivity index (χ2n) is 7.71. The Hall–Kier alpha value is -2.90. The van der Waals surface area contributed by atoms with Crippen LogP contribution < -0.4 is 10.2 Å². The number of piperidine rings is 1. The SMILES string of the molecule is O=C(NCc1ccc(N2CCCCC2CCO)nc1)c1cc(-c2ccccc2Cl)n[nH]1. The number of rotatable bonds is 7. The van der Waals surface area contributed by atoms with Gasteiger partial charge in [-0.25, -0.2) is 4.98 Å². The highest BCUT2D eigenvalue weighted by Crippen LogP contribution is 2.27.